The fraction of sp³-hybridized carbons (Fsp3) is 0.192. The predicted molar refractivity (Wildman–Crippen MR) is 130 cm³/mol. The summed E-state index contributed by atoms with van der Waals surface area (Å²) in [5.74, 6) is 0.667. The van der Waals surface area contributed by atoms with Gasteiger partial charge in [0.1, 0.15) is 23.4 Å². The second-order valence-electron chi connectivity index (χ2n) is 9.28. The van der Waals surface area contributed by atoms with Gasteiger partial charge >= 0.3 is 11.7 Å². The fourth-order valence-electron chi connectivity index (χ4n) is 5.44. The number of nitrogens with one attached hydrogen (secondary N) is 1. The number of imide groups is 1. The van der Waals surface area contributed by atoms with E-state index >= 15 is 0 Å². The molecule has 3 aromatic heterocycles. The van der Waals surface area contributed by atoms with E-state index in [9.17, 15) is 14.4 Å². The number of aromatic nitrogens is 4. The van der Waals surface area contributed by atoms with Gasteiger partial charge in [0.25, 0.3) is 5.91 Å². The van der Waals surface area contributed by atoms with Crippen molar-refractivity contribution in [2.24, 2.45) is 0 Å². The standard InChI is InChI=1S/C26H20N6O4/c1-30-24(34)29-23(33)26(30)12-15-10-17-20(11-16(15)13-26)36-22(28-17)14-31-18-6-2-3-7-19(18)32(25(31)35)21-8-4-5-9-27-21/h2-11H,12-14H2,1H3,(H,29,33,34)/t26-/m0/s1. The van der Waals surface area contributed by atoms with Gasteiger partial charge in [-0.15, -0.1) is 0 Å². The number of nitrogens with zero attached hydrogens (tertiary/aromatic N) is 5. The first-order valence-corrected chi connectivity index (χ1v) is 11.6. The topological polar surface area (TPSA) is 115 Å². The highest BCUT2D eigenvalue weighted by Gasteiger charge is 2.54. The van der Waals surface area contributed by atoms with Gasteiger partial charge in [0, 0.05) is 26.1 Å². The number of amides is 3. The summed E-state index contributed by atoms with van der Waals surface area (Å²) >= 11 is 0. The number of urea groups is 1. The van der Waals surface area contributed by atoms with Gasteiger partial charge in [-0.2, -0.15) is 0 Å². The van der Waals surface area contributed by atoms with Crippen molar-refractivity contribution in [3.05, 3.63) is 88.3 Å². The van der Waals surface area contributed by atoms with Gasteiger partial charge in [0.05, 0.1) is 11.0 Å². The zero-order valence-electron chi connectivity index (χ0n) is 19.3. The Bertz CT molecular complexity index is 1740. The molecule has 10 heteroatoms. The van der Waals surface area contributed by atoms with Gasteiger partial charge in [0.15, 0.2) is 5.58 Å². The third kappa shape index (κ3) is 2.75. The summed E-state index contributed by atoms with van der Waals surface area (Å²) in [6.07, 6.45) is 2.49. The molecule has 10 nitrogen and oxygen atoms in total. The van der Waals surface area contributed by atoms with Crippen molar-refractivity contribution in [1.29, 1.82) is 0 Å². The number of imidazole rings is 1. The van der Waals surface area contributed by atoms with Crippen LogP contribution in [0.1, 0.15) is 17.0 Å². The van der Waals surface area contributed by atoms with Crippen LogP contribution in [0.4, 0.5) is 4.79 Å². The fourth-order valence-corrected chi connectivity index (χ4v) is 5.44. The third-order valence-corrected chi connectivity index (χ3v) is 7.32. The first-order valence-electron chi connectivity index (χ1n) is 11.6. The predicted octanol–water partition coefficient (Wildman–Crippen LogP) is 2.40. The molecule has 0 unspecified atom stereocenters. The summed E-state index contributed by atoms with van der Waals surface area (Å²) in [7, 11) is 1.64. The number of para-hydroxylation sites is 2. The lowest BCUT2D eigenvalue weighted by molar-refractivity contribution is -0.125. The van der Waals surface area contributed by atoms with Crippen molar-refractivity contribution in [3.8, 4) is 5.82 Å². The Hall–Kier alpha value is -4.73. The molecule has 0 radical (unpaired) electrons. The molecule has 0 saturated carbocycles. The average molecular weight is 480 g/mol. The molecule has 2 aromatic carbocycles. The minimum absolute atomic E-state index is 0.155. The van der Waals surface area contributed by atoms with Crippen LogP contribution in [0.25, 0.3) is 28.0 Å². The molecule has 1 fully saturated rings. The highest BCUT2D eigenvalue weighted by Crippen LogP contribution is 2.39. The molecule has 7 rings (SSSR count). The van der Waals surface area contributed by atoms with Crippen LogP contribution < -0.4 is 11.0 Å². The van der Waals surface area contributed by atoms with Gasteiger partial charge in [-0.3, -0.25) is 14.7 Å². The van der Waals surface area contributed by atoms with Crippen LogP contribution in [0.15, 0.2) is 70.0 Å². The summed E-state index contributed by atoms with van der Waals surface area (Å²) in [4.78, 5) is 48.6. The maximum Gasteiger partial charge on any atom is 0.335 e. The summed E-state index contributed by atoms with van der Waals surface area (Å²) in [5, 5.41) is 2.41. The van der Waals surface area contributed by atoms with Gasteiger partial charge in [-0.1, -0.05) is 18.2 Å². The summed E-state index contributed by atoms with van der Waals surface area (Å²) < 4.78 is 9.27. The Labute approximate surface area is 203 Å². The van der Waals surface area contributed by atoms with Gasteiger partial charge < -0.3 is 9.32 Å². The lowest BCUT2D eigenvalue weighted by Gasteiger charge is -2.27. The van der Waals surface area contributed by atoms with Gasteiger partial charge in [0.2, 0.25) is 5.89 Å². The molecule has 2 aliphatic rings. The number of fused-ring (bicyclic) bond motifs is 3. The summed E-state index contributed by atoms with van der Waals surface area (Å²) in [6, 6.07) is 16.4. The monoisotopic (exact) mass is 480 g/mol. The van der Waals surface area contributed by atoms with E-state index in [0.29, 0.717) is 35.6 Å². The smallest absolute Gasteiger partial charge is 0.335 e. The number of hydrogen-bond acceptors (Lipinski definition) is 6. The highest BCUT2D eigenvalue weighted by atomic mass is 16.3. The van der Waals surface area contributed by atoms with Crippen LogP contribution in [0.5, 0.6) is 0 Å². The number of hydrogen-bond donors (Lipinski definition) is 1. The molecule has 1 N–H and O–H groups in total. The molecule has 5 aromatic rings. The van der Waals surface area contributed by atoms with Crippen molar-refractivity contribution in [2.45, 2.75) is 24.9 Å². The van der Waals surface area contributed by atoms with Crippen LogP contribution in [-0.4, -0.2) is 48.5 Å². The Morgan fingerprint density at radius 2 is 1.75 bits per heavy atom. The van der Waals surface area contributed by atoms with Crippen LogP contribution in [0.2, 0.25) is 0 Å². The highest BCUT2D eigenvalue weighted by molar-refractivity contribution is 6.07. The van der Waals surface area contributed by atoms with Crippen LogP contribution in [0, 0.1) is 0 Å². The van der Waals surface area contributed by atoms with E-state index in [1.807, 2.05) is 42.5 Å². The second kappa shape index (κ2) is 7.14. The number of pyridine rings is 1. The zero-order valence-corrected chi connectivity index (χ0v) is 19.3. The molecule has 178 valence electrons. The third-order valence-electron chi connectivity index (χ3n) is 7.32. The van der Waals surface area contributed by atoms with Crippen molar-refractivity contribution >= 4 is 34.1 Å². The average Bonchev–Trinajstić information content (AvgIpc) is 3.58. The summed E-state index contributed by atoms with van der Waals surface area (Å²) in [6.45, 7) is 0.155. The van der Waals surface area contributed by atoms with Crippen molar-refractivity contribution in [1.82, 2.24) is 29.3 Å². The molecule has 3 amide bonds. The Balaban J connectivity index is 1.27. The number of carbonyl (C=O) groups is 2. The molecule has 1 aliphatic heterocycles. The van der Waals surface area contributed by atoms with E-state index in [4.69, 9.17) is 4.42 Å². The van der Waals surface area contributed by atoms with E-state index in [0.717, 1.165) is 22.2 Å². The maximum atomic E-state index is 13.5. The Morgan fingerprint density at radius 1 is 1.00 bits per heavy atom. The van der Waals surface area contributed by atoms with Crippen LogP contribution in [-0.2, 0) is 24.2 Å². The minimum Gasteiger partial charge on any atom is -0.439 e. The van der Waals surface area contributed by atoms with Crippen LogP contribution >= 0.6 is 0 Å². The van der Waals surface area contributed by atoms with E-state index in [1.165, 1.54) is 4.90 Å². The van der Waals surface area contributed by atoms with Gasteiger partial charge in [-0.25, -0.2) is 24.1 Å². The molecule has 36 heavy (non-hydrogen) atoms. The number of oxazole rings is 1. The van der Waals surface area contributed by atoms with Crippen molar-refractivity contribution in [3.63, 3.8) is 0 Å². The number of rotatable bonds is 3. The quantitative estimate of drug-likeness (QED) is 0.397. The molecule has 0 bridgehead atoms. The van der Waals surface area contributed by atoms with E-state index < -0.39 is 5.54 Å². The normalized spacial score (nSPS) is 19.1. The lowest BCUT2D eigenvalue weighted by Crippen LogP contribution is -2.48. The molecule has 1 saturated heterocycles. The molecule has 4 heterocycles. The summed E-state index contributed by atoms with van der Waals surface area (Å²) in [5.41, 5.74) is 3.50. The zero-order chi connectivity index (χ0) is 24.6. The Morgan fingerprint density at radius 3 is 2.47 bits per heavy atom. The Kier molecular flexibility index (Phi) is 4.09. The number of likely N-dealkylation sites (N-methyl/N-ethyl adjacent to an activating group) is 1. The van der Waals surface area contributed by atoms with Gasteiger partial charge in [-0.05, 0) is 47.5 Å². The van der Waals surface area contributed by atoms with E-state index in [1.54, 1.807) is 34.5 Å². The maximum absolute atomic E-state index is 13.5. The first kappa shape index (κ1) is 20.6. The van der Waals surface area contributed by atoms with E-state index in [2.05, 4.69) is 15.3 Å². The molecular weight excluding hydrogens is 460 g/mol. The number of benzene rings is 2. The second-order valence-corrected chi connectivity index (χ2v) is 9.28. The largest absolute Gasteiger partial charge is 0.439 e. The molecule has 1 atom stereocenters. The molecule has 1 spiro atoms. The minimum atomic E-state index is -0.901. The lowest BCUT2D eigenvalue weighted by atomic mass is 9.95. The SMILES string of the molecule is CN1C(=O)NC(=O)[C@@]12Cc1cc3nc(Cn4c(=O)n(-c5ccccn5)c5ccccc54)oc3cc1C2. The van der Waals surface area contributed by atoms with Crippen molar-refractivity contribution in [2.75, 3.05) is 7.05 Å². The van der Waals surface area contributed by atoms with Crippen molar-refractivity contribution < 1.29 is 14.0 Å². The van der Waals surface area contributed by atoms with Crippen LogP contribution in [0.3, 0.4) is 0 Å². The molecule has 1 aliphatic carbocycles. The van der Waals surface area contributed by atoms with E-state index in [-0.39, 0.29) is 24.2 Å². The molecular formula is C26H20N6O4. The number of carbonyl (C=O) groups excluding carboxylic acids is 2. The first-order chi connectivity index (χ1) is 17.4.